The van der Waals surface area contributed by atoms with E-state index >= 15 is 0 Å². The van der Waals surface area contributed by atoms with Crippen LogP contribution in [0.15, 0.2) is 30.5 Å². The number of benzene rings is 1. The van der Waals surface area contributed by atoms with Gasteiger partial charge >= 0.3 is 5.97 Å². The highest BCUT2D eigenvalue weighted by Gasteiger charge is 2.46. The molecule has 152 valence electrons. The van der Waals surface area contributed by atoms with Crippen molar-refractivity contribution in [3.63, 3.8) is 0 Å². The van der Waals surface area contributed by atoms with Crippen LogP contribution in [0.5, 0.6) is 5.75 Å². The molecule has 2 heterocycles. The number of halogens is 1. The predicted octanol–water partition coefficient (Wildman–Crippen LogP) is 3.07. The van der Waals surface area contributed by atoms with Crippen LogP contribution < -0.4 is 10.1 Å². The lowest BCUT2D eigenvalue weighted by atomic mass is 10.0. The molecule has 8 heteroatoms. The van der Waals surface area contributed by atoms with Crippen molar-refractivity contribution in [1.82, 2.24) is 10.3 Å². The summed E-state index contributed by atoms with van der Waals surface area (Å²) in [4.78, 5) is 29.3. The molecular formula is C21H21FN2O5. The zero-order chi connectivity index (χ0) is 20.8. The van der Waals surface area contributed by atoms with Crippen molar-refractivity contribution in [2.24, 2.45) is 0 Å². The summed E-state index contributed by atoms with van der Waals surface area (Å²) in [5.41, 5.74) is 1.00. The van der Waals surface area contributed by atoms with Crippen molar-refractivity contribution in [3.05, 3.63) is 58.7 Å². The van der Waals surface area contributed by atoms with E-state index in [-0.39, 0.29) is 35.3 Å². The number of ether oxygens (including phenoxy) is 3. The van der Waals surface area contributed by atoms with E-state index in [4.69, 9.17) is 14.2 Å². The second-order valence-corrected chi connectivity index (χ2v) is 7.65. The Kier molecular flexibility index (Phi) is 4.53. The van der Waals surface area contributed by atoms with Crippen LogP contribution >= 0.6 is 0 Å². The number of pyridine rings is 1. The van der Waals surface area contributed by atoms with Gasteiger partial charge in [-0.1, -0.05) is 12.1 Å². The lowest BCUT2D eigenvalue weighted by Crippen LogP contribution is -2.39. The number of hydrogen-bond donors (Lipinski definition) is 1. The Balaban J connectivity index is 1.67. The van der Waals surface area contributed by atoms with Crippen LogP contribution in [-0.4, -0.2) is 29.8 Å². The van der Waals surface area contributed by atoms with E-state index in [0.717, 1.165) is 18.4 Å². The van der Waals surface area contributed by atoms with Crippen LogP contribution in [0.3, 0.4) is 0 Å². The zero-order valence-electron chi connectivity index (χ0n) is 16.4. The fraction of sp³-hybridized carbons (Fsp3) is 0.381. The quantitative estimate of drug-likeness (QED) is 0.794. The highest BCUT2D eigenvalue weighted by molar-refractivity contribution is 5.99. The van der Waals surface area contributed by atoms with Gasteiger partial charge in [0.15, 0.2) is 11.4 Å². The number of nitrogens with zero attached hydrogens (tertiary/aromatic N) is 1. The maximum atomic E-state index is 13.2. The van der Waals surface area contributed by atoms with E-state index in [9.17, 15) is 14.0 Å². The molecule has 4 rings (SSSR count). The number of amides is 1. The third-order valence-corrected chi connectivity index (χ3v) is 5.17. The molecule has 2 aromatic rings. The van der Waals surface area contributed by atoms with Crippen molar-refractivity contribution < 1.29 is 28.2 Å². The van der Waals surface area contributed by atoms with Crippen LogP contribution in [0, 0.1) is 5.82 Å². The van der Waals surface area contributed by atoms with Gasteiger partial charge in [0.2, 0.25) is 5.79 Å². The Morgan fingerprint density at radius 3 is 2.52 bits per heavy atom. The fourth-order valence-electron chi connectivity index (χ4n) is 3.41. The summed E-state index contributed by atoms with van der Waals surface area (Å²) in [6.45, 7) is 3.50. The number of methoxy groups -OCH3 is 1. The molecule has 0 unspecified atom stereocenters. The molecule has 1 N–H and O–H groups in total. The highest BCUT2D eigenvalue weighted by atomic mass is 19.1. The van der Waals surface area contributed by atoms with Gasteiger partial charge in [0.25, 0.3) is 5.91 Å². The predicted molar refractivity (Wildman–Crippen MR) is 99.9 cm³/mol. The second-order valence-electron chi connectivity index (χ2n) is 7.65. The van der Waals surface area contributed by atoms with E-state index in [0.29, 0.717) is 5.56 Å². The summed E-state index contributed by atoms with van der Waals surface area (Å²) >= 11 is 0. The first kappa shape index (κ1) is 19.3. The van der Waals surface area contributed by atoms with Crippen LogP contribution in [0.25, 0.3) is 0 Å². The number of carbonyl (C=O) groups excluding carboxylic acids is 2. The van der Waals surface area contributed by atoms with Crippen LogP contribution in [0.2, 0.25) is 0 Å². The molecule has 0 saturated heterocycles. The minimum absolute atomic E-state index is 0.00454. The first-order valence-electron chi connectivity index (χ1n) is 9.26. The Labute approximate surface area is 167 Å². The van der Waals surface area contributed by atoms with Crippen molar-refractivity contribution in [3.8, 4) is 5.75 Å². The summed E-state index contributed by atoms with van der Waals surface area (Å²) in [5.74, 6) is -2.13. The van der Waals surface area contributed by atoms with Gasteiger partial charge in [0.05, 0.1) is 24.8 Å². The SMILES string of the molecule is COC(=O)c1ncc(C(=O)NC2(c3ccc(F)cc3)CC2)c2c1OC(C)(C)OC2. The van der Waals surface area contributed by atoms with E-state index in [2.05, 4.69) is 10.3 Å². The monoisotopic (exact) mass is 400 g/mol. The molecule has 1 aromatic carbocycles. The van der Waals surface area contributed by atoms with E-state index in [1.807, 2.05) is 0 Å². The molecular weight excluding hydrogens is 379 g/mol. The summed E-state index contributed by atoms with van der Waals surface area (Å²) in [6, 6.07) is 6.09. The van der Waals surface area contributed by atoms with Crippen LogP contribution in [-0.2, 0) is 21.6 Å². The topological polar surface area (TPSA) is 86.8 Å². The van der Waals surface area contributed by atoms with Gasteiger partial charge in [-0.05, 0) is 30.5 Å². The fourth-order valence-corrected chi connectivity index (χ4v) is 3.41. The van der Waals surface area contributed by atoms with Crippen molar-refractivity contribution in [1.29, 1.82) is 0 Å². The van der Waals surface area contributed by atoms with Crippen molar-refractivity contribution in [2.45, 2.75) is 44.6 Å². The Morgan fingerprint density at radius 2 is 1.90 bits per heavy atom. The van der Waals surface area contributed by atoms with Crippen molar-refractivity contribution in [2.75, 3.05) is 7.11 Å². The molecule has 1 aliphatic heterocycles. The van der Waals surface area contributed by atoms with Crippen molar-refractivity contribution >= 4 is 11.9 Å². The van der Waals surface area contributed by atoms with Gasteiger partial charge in [-0.15, -0.1) is 0 Å². The molecule has 0 atom stereocenters. The minimum atomic E-state index is -0.974. The van der Waals surface area contributed by atoms with E-state index in [1.165, 1.54) is 25.4 Å². The Hall–Kier alpha value is -3.00. The molecule has 1 amide bonds. The molecule has 0 spiro atoms. The molecule has 0 radical (unpaired) electrons. The molecule has 1 saturated carbocycles. The van der Waals surface area contributed by atoms with Crippen LogP contribution in [0.1, 0.15) is 58.7 Å². The number of esters is 1. The largest absolute Gasteiger partial charge is 0.464 e. The standard InChI is InChI=1S/C21H21FN2O5/c1-20(2)28-11-15-14(10-23-16(17(15)29-20)19(26)27-3)18(25)24-21(8-9-21)12-4-6-13(22)7-5-12/h4-7,10H,8-9,11H2,1-3H3,(H,24,25). The summed E-state index contributed by atoms with van der Waals surface area (Å²) in [5, 5.41) is 3.02. The molecule has 1 aromatic heterocycles. The summed E-state index contributed by atoms with van der Waals surface area (Å²) < 4.78 is 29.5. The maximum absolute atomic E-state index is 13.2. The highest BCUT2D eigenvalue weighted by Crippen LogP contribution is 2.46. The first-order chi connectivity index (χ1) is 13.7. The van der Waals surface area contributed by atoms with Crippen LogP contribution in [0.4, 0.5) is 4.39 Å². The van der Waals surface area contributed by atoms with Gasteiger partial charge < -0.3 is 19.5 Å². The van der Waals surface area contributed by atoms with Gasteiger partial charge in [-0.3, -0.25) is 4.79 Å². The number of nitrogens with one attached hydrogen (secondary N) is 1. The zero-order valence-corrected chi connectivity index (χ0v) is 16.4. The molecule has 1 aliphatic carbocycles. The number of hydrogen-bond acceptors (Lipinski definition) is 6. The molecule has 29 heavy (non-hydrogen) atoms. The average molecular weight is 400 g/mol. The lowest BCUT2D eigenvalue weighted by Gasteiger charge is -2.34. The maximum Gasteiger partial charge on any atom is 0.360 e. The third-order valence-electron chi connectivity index (χ3n) is 5.17. The Bertz CT molecular complexity index is 983. The number of aromatic nitrogens is 1. The minimum Gasteiger partial charge on any atom is -0.464 e. The summed E-state index contributed by atoms with van der Waals surface area (Å²) in [6.07, 6.45) is 2.83. The normalized spacial score (nSPS) is 18.2. The molecule has 2 aliphatic rings. The summed E-state index contributed by atoms with van der Waals surface area (Å²) in [7, 11) is 1.25. The van der Waals surface area contributed by atoms with Gasteiger partial charge in [-0.25, -0.2) is 14.2 Å². The molecule has 7 nitrogen and oxygen atoms in total. The van der Waals surface area contributed by atoms with Gasteiger partial charge in [-0.2, -0.15) is 0 Å². The number of rotatable bonds is 4. The second kappa shape index (κ2) is 6.81. The lowest BCUT2D eigenvalue weighted by molar-refractivity contribution is -0.180. The Morgan fingerprint density at radius 1 is 1.21 bits per heavy atom. The van der Waals surface area contributed by atoms with E-state index < -0.39 is 17.3 Å². The number of fused-ring (bicyclic) bond motifs is 1. The average Bonchev–Trinajstić information content (AvgIpc) is 3.46. The molecule has 1 fully saturated rings. The third kappa shape index (κ3) is 3.55. The number of carbonyl (C=O) groups is 2. The smallest absolute Gasteiger partial charge is 0.360 e. The van der Waals surface area contributed by atoms with Gasteiger partial charge in [0, 0.05) is 25.6 Å². The molecule has 0 bridgehead atoms. The first-order valence-corrected chi connectivity index (χ1v) is 9.26. The van der Waals surface area contributed by atoms with Gasteiger partial charge in [0.1, 0.15) is 5.82 Å². The van der Waals surface area contributed by atoms with E-state index in [1.54, 1.807) is 26.0 Å².